The molecule has 1 heterocycles. The van der Waals surface area contributed by atoms with E-state index in [0.29, 0.717) is 18.5 Å². The Balaban J connectivity index is 1.98. The Morgan fingerprint density at radius 3 is 2.53 bits per heavy atom. The second kappa shape index (κ2) is 6.19. The molecule has 6 heteroatoms. The molecule has 102 valence electrons. The maximum absolute atomic E-state index is 5.46. The molecule has 1 aromatic heterocycles. The van der Waals surface area contributed by atoms with E-state index >= 15 is 0 Å². The Bertz CT molecular complexity index is 506. The van der Waals surface area contributed by atoms with E-state index in [1.807, 2.05) is 50.2 Å². The second-order valence-electron chi connectivity index (χ2n) is 4.35. The van der Waals surface area contributed by atoms with Crippen LogP contribution in [-0.4, -0.2) is 30.8 Å². The number of hydrogen-bond donors (Lipinski definition) is 2. The van der Waals surface area contributed by atoms with E-state index < -0.39 is 0 Å². The van der Waals surface area contributed by atoms with Crippen LogP contribution in [0.1, 0.15) is 12.8 Å². The Kier molecular flexibility index (Phi) is 4.35. The Morgan fingerprint density at radius 1 is 1.16 bits per heavy atom. The number of nitrogens with one attached hydrogen (secondary N) is 2. The summed E-state index contributed by atoms with van der Waals surface area (Å²) < 4.78 is 5.46. The van der Waals surface area contributed by atoms with Crippen LogP contribution in [0.15, 0.2) is 28.7 Å². The van der Waals surface area contributed by atoms with Gasteiger partial charge in [0.25, 0.3) is 0 Å². The number of hydrogen-bond acceptors (Lipinski definition) is 6. The van der Waals surface area contributed by atoms with Crippen LogP contribution in [0.3, 0.4) is 0 Å². The fourth-order valence-corrected chi connectivity index (χ4v) is 1.57. The van der Waals surface area contributed by atoms with Crippen LogP contribution in [0.2, 0.25) is 0 Å². The third kappa shape index (κ3) is 3.69. The van der Waals surface area contributed by atoms with Gasteiger partial charge in [0.1, 0.15) is 0 Å². The van der Waals surface area contributed by atoms with Crippen molar-refractivity contribution in [2.45, 2.75) is 13.5 Å². The first-order valence-corrected chi connectivity index (χ1v) is 6.26. The molecule has 0 atom stereocenters. The van der Waals surface area contributed by atoms with Crippen LogP contribution in [0.5, 0.6) is 0 Å². The van der Waals surface area contributed by atoms with E-state index in [0.717, 1.165) is 17.9 Å². The Hall–Kier alpha value is -2.08. The highest BCUT2D eigenvalue weighted by atomic mass is 16.4. The van der Waals surface area contributed by atoms with Gasteiger partial charge in [0, 0.05) is 25.5 Å². The SMILES string of the molecule is CCNCc1nnc(Nc2ccc(N(C)C)cc2)o1. The van der Waals surface area contributed by atoms with Gasteiger partial charge in [-0.2, -0.15) is 0 Å². The van der Waals surface area contributed by atoms with Gasteiger partial charge in [-0.15, -0.1) is 5.10 Å². The van der Waals surface area contributed by atoms with Crippen LogP contribution >= 0.6 is 0 Å². The average Bonchev–Trinajstić information content (AvgIpc) is 2.84. The fourth-order valence-electron chi connectivity index (χ4n) is 1.57. The second-order valence-corrected chi connectivity index (χ2v) is 4.35. The molecular weight excluding hydrogens is 242 g/mol. The van der Waals surface area contributed by atoms with Crippen molar-refractivity contribution < 1.29 is 4.42 Å². The first-order chi connectivity index (χ1) is 9.19. The third-order valence-electron chi connectivity index (χ3n) is 2.63. The quantitative estimate of drug-likeness (QED) is 0.829. The van der Waals surface area contributed by atoms with E-state index in [4.69, 9.17) is 4.42 Å². The first kappa shape index (κ1) is 13.4. The zero-order valence-corrected chi connectivity index (χ0v) is 11.5. The molecule has 0 radical (unpaired) electrons. The molecule has 0 aliphatic heterocycles. The summed E-state index contributed by atoms with van der Waals surface area (Å²) in [6, 6.07) is 8.41. The third-order valence-corrected chi connectivity index (χ3v) is 2.63. The minimum atomic E-state index is 0.408. The van der Waals surface area contributed by atoms with Crippen molar-refractivity contribution in [3.8, 4) is 0 Å². The smallest absolute Gasteiger partial charge is 0.320 e. The molecule has 0 spiro atoms. The summed E-state index contributed by atoms with van der Waals surface area (Å²) in [6.07, 6.45) is 0. The molecule has 6 nitrogen and oxygen atoms in total. The van der Waals surface area contributed by atoms with Crippen molar-refractivity contribution in [1.82, 2.24) is 15.5 Å². The standard InChI is InChI=1S/C13H19N5O/c1-4-14-9-12-16-17-13(19-12)15-10-5-7-11(8-6-10)18(2)3/h5-8,14H,4,9H2,1-3H3,(H,15,17). The number of nitrogens with zero attached hydrogens (tertiary/aromatic N) is 3. The predicted molar refractivity (Wildman–Crippen MR) is 75.7 cm³/mol. The lowest BCUT2D eigenvalue weighted by molar-refractivity contribution is 0.484. The van der Waals surface area contributed by atoms with Gasteiger partial charge in [-0.3, -0.25) is 0 Å². The number of anilines is 3. The maximum Gasteiger partial charge on any atom is 0.320 e. The molecule has 0 aliphatic rings. The average molecular weight is 261 g/mol. The van der Waals surface area contributed by atoms with Gasteiger partial charge in [-0.1, -0.05) is 12.0 Å². The zero-order valence-electron chi connectivity index (χ0n) is 11.5. The van der Waals surface area contributed by atoms with E-state index in [1.54, 1.807) is 0 Å². The molecule has 0 saturated carbocycles. The van der Waals surface area contributed by atoms with Gasteiger partial charge in [0.05, 0.1) is 6.54 Å². The van der Waals surface area contributed by atoms with Gasteiger partial charge >= 0.3 is 6.01 Å². The van der Waals surface area contributed by atoms with Gasteiger partial charge in [-0.25, -0.2) is 0 Å². The van der Waals surface area contributed by atoms with Crippen molar-refractivity contribution >= 4 is 17.4 Å². The summed E-state index contributed by atoms with van der Waals surface area (Å²) in [5, 5.41) is 14.1. The Morgan fingerprint density at radius 2 is 1.89 bits per heavy atom. The molecule has 0 fully saturated rings. The largest absolute Gasteiger partial charge is 0.406 e. The van der Waals surface area contributed by atoms with Gasteiger partial charge in [-0.05, 0) is 30.8 Å². The van der Waals surface area contributed by atoms with Crippen LogP contribution in [0.25, 0.3) is 0 Å². The number of rotatable bonds is 6. The van der Waals surface area contributed by atoms with Crippen molar-refractivity contribution in [1.29, 1.82) is 0 Å². The predicted octanol–water partition coefficient (Wildman–Crippen LogP) is 1.99. The van der Waals surface area contributed by atoms with Gasteiger partial charge in [0.15, 0.2) is 0 Å². The van der Waals surface area contributed by atoms with Crippen molar-refractivity contribution in [2.75, 3.05) is 30.9 Å². The van der Waals surface area contributed by atoms with Gasteiger partial charge in [0.2, 0.25) is 5.89 Å². The topological polar surface area (TPSA) is 66.2 Å². The first-order valence-electron chi connectivity index (χ1n) is 6.26. The van der Waals surface area contributed by atoms with Gasteiger partial charge < -0.3 is 20.0 Å². The summed E-state index contributed by atoms with van der Waals surface area (Å²) in [5.74, 6) is 0.578. The number of benzene rings is 1. The molecule has 0 bridgehead atoms. The summed E-state index contributed by atoms with van der Waals surface area (Å²) in [5.41, 5.74) is 2.06. The molecule has 1 aromatic carbocycles. The Labute approximate surface area is 112 Å². The summed E-state index contributed by atoms with van der Waals surface area (Å²) in [6.45, 7) is 3.49. The molecule has 19 heavy (non-hydrogen) atoms. The summed E-state index contributed by atoms with van der Waals surface area (Å²) >= 11 is 0. The van der Waals surface area contributed by atoms with E-state index in [-0.39, 0.29) is 0 Å². The highest BCUT2D eigenvalue weighted by Gasteiger charge is 2.05. The highest BCUT2D eigenvalue weighted by molar-refractivity contribution is 5.58. The minimum absolute atomic E-state index is 0.408. The maximum atomic E-state index is 5.46. The van der Waals surface area contributed by atoms with E-state index in [1.165, 1.54) is 0 Å². The zero-order chi connectivity index (χ0) is 13.7. The van der Waals surface area contributed by atoms with Crippen LogP contribution in [0.4, 0.5) is 17.4 Å². The van der Waals surface area contributed by atoms with Crippen molar-refractivity contribution in [3.63, 3.8) is 0 Å². The van der Waals surface area contributed by atoms with Crippen LogP contribution in [-0.2, 0) is 6.54 Å². The normalized spacial score (nSPS) is 10.5. The fraction of sp³-hybridized carbons (Fsp3) is 0.385. The van der Waals surface area contributed by atoms with Crippen LogP contribution < -0.4 is 15.5 Å². The van der Waals surface area contributed by atoms with Crippen LogP contribution in [0, 0.1) is 0 Å². The monoisotopic (exact) mass is 261 g/mol. The van der Waals surface area contributed by atoms with Crippen molar-refractivity contribution in [2.24, 2.45) is 0 Å². The summed E-state index contributed by atoms with van der Waals surface area (Å²) in [7, 11) is 4.01. The highest BCUT2D eigenvalue weighted by Crippen LogP contribution is 2.19. The van der Waals surface area contributed by atoms with E-state index in [9.17, 15) is 0 Å². The molecule has 0 unspecified atom stereocenters. The molecule has 2 rings (SSSR count). The lowest BCUT2D eigenvalue weighted by Crippen LogP contribution is -2.11. The molecule has 0 saturated heterocycles. The minimum Gasteiger partial charge on any atom is -0.406 e. The summed E-state index contributed by atoms with van der Waals surface area (Å²) in [4.78, 5) is 2.05. The molecule has 0 aliphatic carbocycles. The lowest BCUT2D eigenvalue weighted by atomic mass is 10.2. The number of aromatic nitrogens is 2. The van der Waals surface area contributed by atoms with E-state index in [2.05, 4.69) is 20.8 Å². The lowest BCUT2D eigenvalue weighted by Gasteiger charge is -2.12. The molecule has 2 N–H and O–H groups in total. The molecule has 0 amide bonds. The molecular formula is C13H19N5O. The molecule has 2 aromatic rings. The van der Waals surface area contributed by atoms with Crippen molar-refractivity contribution in [3.05, 3.63) is 30.2 Å².